The van der Waals surface area contributed by atoms with Crippen molar-refractivity contribution >= 4 is 21.6 Å². The fourth-order valence-electron chi connectivity index (χ4n) is 3.38. The van der Waals surface area contributed by atoms with Crippen LogP contribution in [0.15, 0.2) is 71.6 Å². The number of carbonyl (C=O) groups excluding carboxylic acids is 1. The Morgan fingerprint density at radius 3 is 2.32 bits per heavy atom. The fourth-order valence-corrected chi connectivity index (χ4v) is 4.86. The lowest BCUT2D eigenvalue weighted by atomic mass is 10.1. The summed E-state index contributed by atoms with van der Waals surface area (Å²) in [6, 6.07) is 19.2. The number of nitrogens with one attached hydrogen (secondary N) is 1. The summed E-state index contributed by atoms with van der Waals surface area (Å²) in [5.41, 5.74) is 3.16. The zero-order chi connectivity index (χ0) is 24.7. The predicted octanol–water partition coefficient (Wildman–Crippen LogP) is 4.01. The zero-order valence-electron chi connectivity index (χ0n) is 19.9. The predicted molar refractivity (Wildman–Crippen MR) is 133 cm³/mol. The number of benzene rings is 3. The van der Waals surface area contributed by atoms with Gasteiger partial charge in [-0.25, -0.2) is 8.42 Å². The van der Waals surface area contributed by atoms with Crippen molar-refractivity contribution in [1.29, 1.82) is 0 Å². The molecule has 1 N–H and O–H groups in total. The number of carbonyl (C=O) groups is 1. The van der Waals surface area contributed by atoms with Crippen LogP contribution in [0.25, 0.3) is 0 Å². The summed E-state index contributed by atoms with van der Waals surface area (Å²) < 4.78 is 39.0. The summed E-state index contributed by atoms with van der Waals surface area (Å²) in [6.07, 6.45) is 0. The molecule has 0 radical (unpaired) electrons. The number of methoxy groups -OCH3 is 1. The molecule has 0 aliphatic carbocycles. The molecule has 3 aromatic rings. The molecule has 1 amide bonds. The number of aryl methyl sites for hydroxylation is 2. The number of hydrogen-bond acceptors (Lipinski definition) is 5. The third-order valence-corrected chi connectivity index (χ3v) is 7.25. The molecular weight excluding hydrogens is 452 g/mol. The van der Waals surface area contributed by atoms with Gasteiger partial charge < -0.3 is 14.8 Å². The standard InChI is InChI=1S/C26H30N2O5S/c1-19-11-13-24(14-12-19)34(30,31)28(25-10-5-7-20(2)21(25)3)18-26(29)27-15-16-33-23-9-6-8-22(17-23)32-4/h5-14,17H,15-16,18H2,1-4H3,(H,27,29). The van der Waals surface area contributed by atoms with Gasteiger partial charge >= 0.3 is 0 Å². The van der Waals surface area contributed by atoms with E-state index in [0.29, 0.717) is 17.2 Å². The molecule has 0 bridgehead atoms. The van der Waals surface area contributed by atoms with Crippen molar-refractivity contribution in [2.75, 3.05) is 31.1 Å². The van der Waals surface area contributed by atoms with Crippen LogP contribution in [0.3, 0.4) is 0 Å². The summed E-state index contributed by atoms with van der Waals surface area (Å²) in [6.45, 7) is 5.75. The molecule has 0 heterocycles. The van der Waals surface area contributed by atoms with Gasteiger partial charge in [0.2, 0.25) is 5.91 Å². The number of amides is 1. The molecule has 0 aliphatic heterocycles. The maximum atomic E-state index is 13.5. The largest absolute Gasteiger partial charge is 0.497 e. The molecule has 7 nitrogen and oxygen atoms in total. The Morgan fingerprint density at radius 2 is 1.62 bits per heavy atom. The van der Waals surface area contributed by atoms with Crippen LogP contribution in [0.5, 0.6) is 11.5 Å². The Labute approximate surface area is 201 Å². The van der Waals surface area contributed by atoms with Gasteiger partial charge in [0.1, 0.15) is 24.7 Å². The molecule has 0 spiro atoms. The maximum absolute atomic E-state index is 13.5. The van der Waals surface area contributed by atoms with Crippen LogP contribution >= 0.6 is 0 Å². The van der Waals surface area contributed by atoms with Gasteiger partial charge in [0.25, 0.3) is 10.0 Å². The number of hydrogen-bond donors (Lipinski definition) is 1. The first-order valence-corrected chi connectivity index (χ1v) is 12.4. The molecule has 0 atom stereocenters. The quantitative estimate of drug-likeness (QED) is 0.442. The normalized spacial score (nSPS) is 11.1. The van der Waals surface area contributed by atoms with E-state index in [2.05, 4.69) is 5.32 Å². The van der Waals surface area contributed by atoms with Crippen LogP contribution < -0.4 is 19.1 Å². The first-order chi connectivity index (χ1) is 16.2. The maximum Gasteiger partial charge on any atom is 0.264 e. The van der Waals surface area contributed by atoms with Crippen LogP contribution in [-0.2, 0) is 14.8 Å². The lowest BCUT2D eigenvalue weighted by Crippen LogP contribution is -2.42. The van der Waals surface area contributed by atoms with Crippen molar-refractivity contribution in [2.24, 2.45) is 0 Å². The van der Waals surface area contributed by atoms with E-state index in [1.54, 1.807) is 55.6 Å². The van der Waals surface area contributed by atoms with E-state index in [0.717, 1.165) is 21.0 Å². The van der Waals surface area contributed by atoms with Gasteiger partial charge in [-0.15, -0.1) is 0 Å². The SMILES string of the molecule is COc1cccc(OCCNC(=O)CN(c2cccc(C)c2C)S(=O)(=O)c2ccc(C)cc2)c1. The zero-order valence-corrected chi connectivity index (χ0v) is 20.7. The molecule has 180 valence electrons. The van der Waals surface area contributed by atoms with Gasteiger partial charge in [0.15, 0.2) is 0 Å². The van der Waals surface area contributed by atoms with Crippen molar-refractivity contribution in [1.82, 2.24) is 5.32 Å². The van der Waals surface area contributed by atoms with Gasteiger partial charge in [0, 0.05) is 6.07 Å². The van der Waals surface area contributed by atoms with Gasteiger partial charge in [-0.2, -0.15) is 0 Å². The lowest BCUT2D eigenvalue weighted by molar-refractivity contribution is -0.119. The molecular formula is C26H30N2O5S. The van der Waals surface area contributed by atoms with E-state index in [-0.39, 0.29) is 24.6 Å². The van der Waals surface area contributed by atoms with Crippen molar-refractivity contribution in [2.45, 2.75) is 25.7 Å². The van der Waals surface area contributed by atoms with E-state index >= 15 is 0 Å². The molecule has 3 aromatic carbocycles. The van der Waals surface area contributed by atoms with Crippen molar-refractivity contribution < 1.29 is 22.7 Å². The second kappa shape index (κ2) is 11.1. The number of nitrogens with zero attached hydrogens (tertiary/aromatic N) is 1. The van der Waals surface area contributed by atoms with Crippen LogP contribution in [0.4, 0.5) is 5.69 Å². The van der Waals surface area contributed by atoms with E-state index in [9.17, 15) is 13.2 Å². The molecule has 0 saturated heterocycles. The fraction of sp³-hybridized carbons (Fsp3) is 0.269. The Bertz CT molecular complexity index is 1240. The minimum Gasteiger partial charge on any atom is -0.497 e. The second-order valence-electron chi connectivity index (χ2n) is 7.92. The molecule has 0 unspecified atom stereocenters. The number of ether oxygens (including phenoxy) is 2. The summed E-state index contributed by atoms with van der Waals surface area (Å²) in [4.78, 5) is 12.9. The molecule has 0 saturated carbocycles. The number of sulfonamides is 1. The van der Waals surface area contributed by atoms with Crippen molar-refractivity contribution in [3.63, 3.8) is 0 Å². The van der Waals surface area contributed by atoms with E-state index in [1.165, 1.54) is 0 Å². The van der Waals surface area contributed by atoms with Gasteiger partial charge in [0.05, 0.1) is 24.2 Å². The van der Waals surface area contributed by atoms with Crippen molar-refractivity contribution in [3.05, 3.63) is 83.4 Å². The van der Waals surface area contributed by atoms with Gasteiger partial charge in [-0.1, -0.05) is 35.9 Å². The van der Waals surface area contributed by atoms with Crippen LogP contribution in [0, 0.1) is 20.8 Å². The van der Waals surface area contributed by atoms with E-state index in [1.807, 2.05) is 39.0 Å². The third kappa shape index (κ3) is 6.08. The Hall–Kier alpha value is -3.52. The Balaban J connectivity index is 1.74. The van der Waals surface area contributed by atoms with E-state index in [4.69, 9.17) is 9.47 Å². The highest BCUT2D eigenvalue weighted by Gasteiger charge is 2.28. The monoisotopic (exact) mass is 482 g/mol. The summed E-state index contributed by atoms with van der Waals surface area (Å²) in [5, 5.41) is 2.75. The summed E-state index contributed by atoms with van der Waals surface area (Å²) in [7, 11) is -2.38. The second-order valence-corrected chi connectivity index (χ2v) is 9.78. The average molecular weight is 483 g/mol. The molecule has 3 rings (SSSR count). The highest BCUT2D eigenvalue weighted by molar-refractivity contribution is 7.92. The van der Waals surface area contributed by atoms with Crippen LogP contribution in [-0.4, -0.2) is 41.1 Å². The number of anilines is 1. The molecule has 0 fully saturated rings. The smallest absolute Gasteiger partial charge is 0.264 e. The lowest BCUT2D eigenvalue weighted by Gasteiger charge is -2.26. The molecule has 8 heteroatoms. The van der Waals surface area contributed by atoms with Crippen LogP contribution in [0.2, 0.25) is 0 Å². The summed E-state index contributed by atoms with van der Waals surface area (Å²) in [5.74, 6) is 0.866. The first kappa shape index (κ1) is 25.1. The molecule has 34 heavy (non-hydrogen) atoms. The van der Waals surface area contributed by atoms with E-state index < -0.39 is 15.9 Å². The Morgan fingerprint density at radius 1 is 0.941 bits per heavy atom. The average Bonchev–Trinajstić information content (AvgIpc) is 2.82. The Kier molecular flexibility index (Phi) is 8.17. The number of rotatable bonds is 10. The van der Waals surface area contributed by atoms with Crippen molar-refractivity contribution in [3.8, 4) is 11.5 Å². The molecule has 0 aliphatic rings. The minimum absolute atomic E-state index is 0.133. The van der Waals surface area contributed by atoms with Gasteiger partial charge in [-0.05, 0) is 62.2 Å². The third-order valence-electron chi connectivity index (χ3n) is 5.48. The topological polar surface area (TPSA) is 84.9 Å². The minimum atomic E-state index is -3.96. The van der Waals surface area contributed by atoms with Gasteiger partial charge in [-0.3, -0.25) is 9.10 Å². The summed E-state index contributed by atoms with van der Waals surface area (Å²) >= 11 is 0. The highest BCUT2D eigenvalue weighted by atomic mass is 32.2. The van der Waals surface area contributed by atoms with Crippen LogP contribution in [0.1, 0.15) is 16.7 Å². The molecule has 0 aromatic heterocycles. The highest BCUT2D eigenvalue weighted by Crippen LogP contribution is 2.28. The first-order valence-electron chi connectivity index (χ1n) is 10.9.